The molecule has 1 atom stereocenters. The normalized spacial score (nSPS) is 12.6. The fraction of sp³-hybridized carbons (Fsp3) is 0.545. The molecule has 0 aromatic carbocycles. The second kappa shape index (κ2) is 4.26. The molecule has 1 aromatic rings. The Morgan fingerprint density at radius 3 is 2.69 bits per heavy atom. The quantitative estimate of drug-likeness (QED) is 0.707. The van der Waals surface area contributed by atoms with E-state index in [0.717, 1.165) is 12.2 Å². The maximum absolute atomic E-state index is 4.37. The van der Waals surface area contributed by atoms with Gasteiger partial charge in [-0.25, -0.2) is 4.98 Å². The van der Waals surface area contributed by atoms with E-state index in [1.54, 1.807) is 0 Å². The van der Waals surface area contributed by atoms with Gasteiger partial charge in [0, 0.05) is 20.3 Å². The van der Waals surface area contributed by atoms with Crippen LogP contribution in [0.4, 0.5) is 5.82 Å². The Hall–Kier alpha value is -1.05. The lowest BCUT2D eigenvalue weighted by Gasteiger charge is -2.19. The highest BCUT2D eigenvalue weighted by Crippen LogP contribution is 2.25. The van der Waals surface area contributed by atoms with E-state index in [0.29, 0.717) is 5.92 Å². The molecule has 0 bridgehead atoms. The van der Waals surface area contributed by atoms with Crippen LogP contribution in [0.15, 0.2) is 18.3 Å². The molecular weight excluding hydrogens is 160 g/mol. The van der Waals surface area contributed by atoms with E-state index >= 15 is 0 Å². The standard InChI is InChI=1S/C11H18N2/c1-5-9(2)10-7-6-8-12-11(10)13(3)4/h6-9H,5H2,1-4H3. The first-order valence-electron chi connectivity index (χ1n) is 4.79. The lowest BCUT2D eigenvalue weighted by Crippen LogP contribution is -2.14. The van der Waals surface area contributed by atoms with Gasteiger partial charge in [0.2, 0.25) is 0 Å². The van der Waals surface area contributed by atoms with E-state index in [1.165, 1.54) is 5.56 Å². The highest BCUT2D eigenvalue weighted by atomic mass is 15.1. The smallest absolute Gasteiger partial charge is 0.131 e. The number of hydrogen-bond donors (Lipinski definition) is 0. The summed E-state index contributed by atoms with van der Waals surface area (Å²) in [6.07, 6.45) is 3.01. The predicted octanol–water partition coefficient (Wildman–Crippen LogP) is 2.66. The Labute approximate surface area is 80.6 Å². The molecule has 1 heterocycles. The Morgan fingerprint density at radius 2 is 2.15 bits per heavy atom. The third kappa shape index (κ3) is 2.20. The molecule has 72 valence electrons. The molecule has 0 spiro atoms. The first-order chi connectivity index (χ1) is 6.16. The van der Waals surface area contributed by atoms with Crippen molar-refractivity contribution in [3.05, 3.63) is 23.9 Å². The molecule has 0 amide bonds. The van der Waals surface area contributed by atoms with E-state index in [1.807, 2.05) is 26.4 Å². The summed E-state index contributed by atoms with van der Waals surface area (Å²) in [5.41, 5.74) is 1.34. The molecule has 0 fully saturated rings. The van der Waals surface area contributed by atoms with Crippen LogP contribution in [0.3, 0.4) is 0 Å². The SMILES string of the molecule is CCC(C)c1cccnc1N(C)C. The topological polar surface area (TPSA) is 16.1 Å². The Balaban J connectivity index is 3.04. The molecular formula is C11H18N2. The van der Waals surface area contributed by atoms with Crippen molar-refractivity contribution in [2.75, 3.05) is 19.0 Å². The molecule has 0 radical (unpaired) electrons. The van der Waals surface area contributed by atoms with Crippen molar-refractivity contribution in [2.45, 2.75) is 26.2 Å². The van der Waals surface area contributed by atoms with E-state index in [9.17, 15) is 0 Å². The molecule has 0 aliphatic carbocycles. The summed E-state index contributed by atoms with van der Waals surface area (Å²) in [6, 6.07) is 4.17. The van der Waals surface area contributed by atoms with Gasteiger partial charge in [0.15, 0.2) is 0 Å². The Morgan fingerprint density at radius 1 is 1.46 bits per heavy atom. The molecule has 1 unspecified atom stereocenters. The summed E-state index contributed by atoms with van der Waals surface area (Å²) in [6.45, 7) is 4.45. The molecule has 0 aliphatic heterocycles. The van der Waals surface area contributed by atoms with E-state index in [-0.39, 0.29) is 0 Å². The number of anilines is 1. The van der Waals surface area contributed by atoms with Gasteiger partial charge < -0.3 is 4.90 Å². The molecule has 0 aliphatic rings. The third-order valence-electron chi connectivity index (χ3n) is 2.38. The first-order valence-corrected chi connectivity index (χ1v) is 4.79. The van der Waals surface area contributed by atoms with Crippen LogP contribution in [0.25, 0.3) is 0 Å². The second-order valence-electron chi connectivity index (χ2n) is 3.62. The zero-order valence-corrected chi connectivity index (χ0v) is 8.91. The molecule has 0 saturated heterocycles. The van der Waals surface area contributed by atoms with Crippen LogP contribution in [-0.2, 0) is 0 Å². The summed E-state index contributed by atoms with van der Waals surface area (Å²) in [5, 5.41) is 0. The van der Waals surface area contributed by atoms with Crippen LogP contribution < -0.4 is 4.90 Å². The van der Waals surface area contributed by atoms with E-state index in [2.05, 4.69) is 29.8 Å². The van der Waals surface area contributed by atoms with Crippen molar-refractivity contribution < 1.29 is 0 Å². The highest BCUT2D eigenvalue weighted by molar-refractivity contribution is 5.46. The van der Waals surface area contributed by atoms with Gasteiger partial charge in [0.1, 0.15) is 5.82 Å². The van der Waals surface area contributed by atoms with Crippen LogP contribution in [0.2, 0.25) is 0 Å². The summed E-state index contributed by atoms with van der Waals surface area (Å²) in [7, 11) is 4.07. The van der Waals surface area contributed by atoms with Gasteiger partial charge in [0.05, 0.1) is 0 Å². The van der Waals surface area contributed by atoms with Crippen molar-refractivity contribution in [2.24, 2.45) is 0 Å². The molecule has 2 nitrogen and oxygen atoms in total. The largest absolute Gasteiger partial charge is 0.363 e. The summed E-state index contributed by atoms with van der Waals surface area (Å²) in [4.78, 5) is 6.44. The van der Waals surface area contributed by atoms with Gasteiger partial charge in [-0.15, -0.1) is 0 Å². The van der Waals surface area contributed by atoms with Crippen LogP contribution in [0.5, 0.6) is 0 Å². The number of aromatic nitrogens is 1. The maximum Gasteiger partial charge on any atom is 0.131 e. The van der Waals surface area contributed by atoms with Crippen molar-refractivity contribution in [1.29, 1.82) is 0 Å². The van der Waals surface area contributed by atoms with Crippen molar-refractivity contribution in [1.82, 2.24) is 4.98 Å². The molecule has 1 aromatic heterocycles. The molecule has 13 heavy (non-hydrogen) atoms. The minimum Gasteiger partial charge on any atom is -0.363 e. The number of pyridine rings is 1. The molecule has 0 saturated carbocycles. The van der Waals surface area contributed by atoms with Crippen LogP contribution in [0.1, 0.15) is 31.7 Å². The lowest BCUT2D eigenvalue weighted by atomic mass is 9.99. The Kier molecular flexibility index (Phi) is 3.29. The summed E-state index contributed by atoms with van der Waals surface area (Å²) in [5.74, 6) is 1.68. The van der Waals surface area contributed by atoms with Gasteiger partial charge in [-0.3, -0.25) is 0 Å². The molecule has 2 heteroatoms. The summed E-state index contributed by atoms with van der Waals surface area (Å²) >= 11 is 0. The van der Waals surface area contributed by atoms with Crippen molar-refractivity contribution in [3.63, 3.8) is 0 Å². The fourth-order valence-corrected chi connectivity index (χ4v) is 1.39. The zero-order valence-electron chi connectivity index (χ0n) is 8.91. The predicted molar refractivity (Wildman–Crippen MR) is 57.3 cm³/mol. The number of hydrogen-bond acceptors (Lipinski definition) is 2. The number of rotatable bonds is 3. The van der Waals surface area contributed by atoms with E-state index < -0.39 is 0 Å². The first kappa shape index (κ1) is 10.0. The van der Waals surface area contributed by atoms with Crippen LogP contribution >= 0.6 is 0 Å². The lowest BCUT2D eigenvalue weighted by molar-refractivity contribution is 0.727. The second-order valence-corrected chi connectivity index (χ2v) is 3.62. The van der Waals surface area contributed by atoms with Crippen LogP contribution in [-0.4, -0.2) is 19.1 Å². The average Bonchev–Trinajstić information content (AvgIpc) is 2.16. The van der Waals surface area contributed by atoms with Gasteiger partial charge in [-0.2, -0.15) is 0 Å². The molecule has 0 N–H and O–H groups in total. The van der Waals surface area contributed by atoms with Crippen molar-refractivity contribution >= 4 is 5.82 Å². The van der Waals surface area contributed by atoms with E-state index in [4.69, 9.17) is 0 Å². The fourth-order valence-electron chi connectivity index (χ4n) is 1.39. The Bertz CT molecular complexity index is 269. The van der Waals surface area contributed by atoms with Crippen molar-refractivity contribution in [3.8, 4) is 0 Å². The summed E-state index contributed by atoms with van der Waals surface area (Å²) < 4.78 is 0. The van der Waals surface area contributed by atoms with Crippen LogP contribution in [0, 0.1) is 0 Å². The monoisotopic (exact) mass is 178 g/mol. The van der Waals surface area contributed by atoms with Gasteiger partial charge in [-0.1, -0.05) is 19.9 Å². The number of nitrogens with zero attached hydrogens (tertiary/aromatic N) is 2. The zero-order chi connectivity index (χ0) is 9.84. The average molecular weight is 178 g/mol. The maximum atomic E-state index is 4.37. The van der Waals surface area contributed by atoms with Gasteiger partial charge in [-0.05, 0) is 24.0 Å². The minimum absolute atomic E-state index is 0.589. The van der Waals surface area contributed by atoms with Gasteiger partial charge >= 0.3 is 0 Å². The molecule has 1 rings (SSSR count). The van der Waals surface area contributed by atoms with Gasteiger partial charge in [0.25, 0.3) is 0 Å². The minimum atomic E-state index is 0.589. The highest BCUT2D eigenvalue weighted by Gasteiger charge is 2.10. The third-order valence-corrected chi connectivity index (χ3v) is 2.38.